The number of nitrogens with zero attached hydrogens (tertiary/aromatic N) is 4. The number of amides is 1. The molecule has 0 bridgehead atoms. The van der Waals surface area contributed by atoms with Gasteiger partial charge in [-0.1, -0.05) is 12.1 Å². The highest BCUT2D eigenvalue weighted by molar-refractivity contribution is 5.99. The van der Waals surface area contributed by atoms with Crippen LogP contribution >= 0.6 is 0 Å². The predicted octanol–water partition coefficient (Wildman–Crippen LogP) is 3.99. The molecule has 6 rings (SSSR count). The lowest BCUT2D eigenvalue weighted by Gasteiger charge is -2.38. The molecular weight excluding hydrogens is 428 g/mol. The zero-order valence-corrected chi connectivity index (χ0v) is 19.0. The lowest BCUT2D eigenvalue weighted by Crippen LogP contribution is -2.46. The summed E-state index contributed by atoms with van der Waals surface area (Å²) in [6, 6.07) is 14.1. The number of benzene rings is 2. The Kier molecular flexibility index (Phi) is 4.77. The van der Waals surface area contributed by atoms with Crippen molar-refractivity contribution in [1.29, 1.82) is 0 Å². The Morgan fingerprint density at radius 1 is 1.18 bits per heavy atom. The van der Waals surface area contributed by atoms with Gasteiger partial charge in [0.25, 0.3) is 0 Å². The fourth-order valence-electron chi connectivity index (χ4n) is 4.86. The lowest BCUT2D eigenvalue weighted by molar-refractivity contribution is -0.115. The van der Waals surface area contributed by atoms with Gasteiger partial charge in [-0.05, 0) is 55.7 Å². The maximum Gasteiger partial charge on any atom is 0.228 e. The highest BCUT2D eigenvalue weighted by Crippen LogP contribution is 2.31. The summed E-state index contributed by atoms with van der Waals surface area (Å²) in [5, 5.41) is 16.8. The standard InChI is InChI=1S/C26H26N6O2/c1-26(34)9-2-11-32(16-26)20-7-5-19(6-8-20)28-24-25-27-10-12-31(25)15-22(30-24)17-3-4-18-14-23(33)29-21(18)13-17/h3-8,10,12-13,15,34H,2,9,11,14,16H2,1H3,(H,28,30)(H,29,33)/t26-/m1/s1. The minimum absolute atomic E-state index is 0.0177. The van der Waals surface area contributed by atoms with Gasteiger partial charge in [0.2, 0.25) is 5.91 Å². The second-order valence-corrected chi connectivity index (χ2v) is 9.42. The number of carbonyl (C=O) groups excluding carboxylic acids is 1. The first-order valence-electron chi connectivity index (χ1n) is 11.5. The van der Waals surface area contributed by atoms with Crippen LogP contribution in [0.2, 0.25) is 0 Å². The Balaban J connectivity index is 1.29. The molecule has 3 N–H and O–H groups in total. The molecular formula is C26H26N6O2. The average molecular weight is 455 g/mol. The SMILES string of the molecule is C[C@@]1(O)CCCN(c2ccc(Nc3nc(-c4ccc5c(c4)NC(=O)C5)cn4ccnc34)cc2)C1. The van der Waals surface area contributed by atoms with Crippen LogP contribution in [-0.4, -0.2) is 44.1 Å². The number of carbonyl (C=O) groups is 1. The van der Waals surface area contributed by atoms with Crippen molar-refractivity contribution in [2.75, 3.05) is 28.6 Å². The molecule has 0 spiro atoms. The Hall–Kier alpha value is -3.91. The van der Waals surface area contributed by atoms with Crippen molar-refractivity contribution in [2.45, 2.75) is 31.8 Å². The first-order chi connectivity index (χ1) is 16.4. The molecule has 2 aliphatic heterocycles. The van der Waals surface area contributed by atoms with Crippen molar-refractivity contribution < 1.29 is 9.90 Å². The number of rotatable bonds is 4. The number of imidazole rings is 1. The van der Waals surface area contributed by atoms with Crippen molar-refractivity contribution in [1.82, 2.24) is 14.4 Å². The molecule has 4 heterocycles. The van der Waals surface area contributed by atoms with Crippen molar-refractivity contribution in [3.8, 4) is 11.3 Å². The first-order valence-corrected chi connectivity index (χ1v) is 11.5. The summed E-state index contributed by atoms with van der Waals surface area (Å²) in [6.45, 7) is 3.49. The van der Waals surface area contributed by atoms with Crippen molar-refractivity contribution in [3.63, 3.8) is 0 Å². The van der Waals surface area contributed by atoms with E-state index in [4.69, 9.17) is 4.98 Å². The summed E-state index contributed by atoms with van der Waals surface area (Å²) in [5.74, 6) is 0.671. The van der Waals surface area contributed by atoms with Gasteiger partial charge in [-0.25, -0.2) is 9.97 Å². The molecule has 1 fully saturated rings. The molecule has 1 atom stereocenters. The number of aliphatic hydroxyl groups is 1. The summed E-state index contributed by atoms with van der Waals surface area (Å²) < 4.78 is 1.95. The van der Waals surface area contributed by atoms with Crippen LogP contribution in [0.4, 0.5) is 22.9 Å². The third-order valence-corrected chi connectivity index (χ3v) is 6.57. The van der Waals surface area contributed by atoms with E-state index in [2.05, 4.69) is 32.7 Å². The number of aromatic nitrogens is 3. The van der Waals surface area contributed by atoms with E-state index in [-0.39, 0.29) is 5.91 Å². The third kappa shape index (κ3) is 3.86. The van der Waals surface area contributed by atoms with Gasteiger partial charge in [0, 0.05) is 54.3 Å². The lowest BCUT2D eigenvalue weighted by atomic mass is 9.95. The van der Waals surface area contributed by atoms with Crippen LogP contribution in [0.15, 0.2) is 61.1 Å². The van der Waals surface area contributed by atoms with Crippen LogP contribution in [0, 0.1) is 0 Å². The number of piperidine rings is 1. The molecule has 2 aliphatic rings. The van der Waals surface area contributed by atoms with Crippen LogP contribution < -0.4 is 15.5 Å². The molecule has 0 radical (unpaired) electrons. The van der Waals surface area contributed by atoms with Gasteiger partial charge in [0.05, 0.1) is 17.7 Å². The van der Waals surface area contributed by atoms with E-state index in [0.717, 1.165) is 58.9 Å². The molecule has 172 valence electrons. The fourth-order valence-corrected chi connectivity index (χ4v) is 4.86. The van der Waals surface area contributed by atoms with E-state index in [1.807, 2.05) is 54.0 Å². The monoisotopic (exact) mass is 454 g/mol. The summed E-state index contributed by atoms with van der Waals surface area (Å²) in [5.41, 5.74) is 5.64. The number of β-amino-alcohol motifs (C(OH)–C–C–N with tert-alkyl or cyclic N) is 1. The second-order valence-electron chi connectivity index (χ2n) is 9.42. The molecule has 2 aromatic heterocycles. The predicted molar refractivity (Wildman–Crippen MR) is 133 cm³/mol. The zero-order chi connectivity index (χ0) is 23.3. The maximum atomic E-state index is 11.7. The van der Waals surface area contributed by atoms with E-state index in [9.17, 15) is 9.90 Å². The van der Waals surface area contributed by atoms with Crippen molar-refractivity contribution in [3.05, 3.63) is 66.6 Å². The number of hydrogen-bond donors (Lipinski definition) is 3. The number of fused-ring (bicyclic) bond motifs is 2. The van der Waals surface area contributed by atoms with E-state index < -0.39 is 5.60 Å². The van der Waals surface area contributed by atoms with Gasteiger partial charge in [-0.15, -0.1) is 0 Å². The normalized spacial score (nSPS) is 19.8. The summed E-state index contributed by atoms with van der Waals surface area (Å²) in [6.07, 6.45) is 7.82. The van der Waals surface area contributed by atoms with E-state index in [0.29, 0.717) is 18.8 Å². The van der Waals surface area contributed by atoms with Crippen LogP contribution in [0.5, 0.6) is 0 Å². The van der Waals surface area contributed by atoms with E-state index in [1.165, 1.54) is 0 Å². The Bertz CT molecular complexity index is 1390. The largest absolute Gasteiger partial charge is 0.388 e. The zero-order valence-electron chi connectivity index (χ0n) is 19.0. The van der Waals surface area contributed by atoms with Gasteiger partial charge in [-0.3, -0.25) is 4.79 Å². The Morgan fingerprint density at radius 2 is 2.03 bits per heavy atom. The van der Waals surface area contributed by atoms with Gasteiger partial charge in [-0.2, -0.15) is 0 Å². The van der Waals surface area contributed by atoms with E-state index in [1.54, 1.807) is 6.20 Å². The van der Waals surface area contributed by atoms with Gasteiger partial charge in [0.1, 0.15) is 0 Å². The van der Waals surface area contributed by atoms with Gasteiger partial charge < -0.3 is 25.0 Å². The number of hydrogen-bond acceptors (Lipinski definition) is 6. The van der Waals surface area contributed by atoms with Crippen molar-refractivity contribution >= 4 is 34.4 Å². The number of nitrogens with one attached hydrogen (secondary N) is 2. The third-order valence-electron chi connectivity index (χ3n) is 6.57. The van der Waals surface area contributed by atoms with Crippen LogP contribution in [-0.2, 0) is 11.2 Å². The van der Waals surface area contributed by atoms with Crippen LogP contribution in [0.1, 0.15) is 25.3 Å². The molecule has 8 heteroatoms. The van der Waals surface area contributed by atoms with Crippen LogP contribution in [0.3, 0.4) is 0 Å². The van der Waals surface area contributed by atoms with Gasteiger partial charge in [0.15, 0.2) is 11.5 Å². The quantitative estimate of drug-likeness (QED) is 0.432. The molecule has 0 unspecified atom stereocenters. The molecule has 8 nitrogen and oxygen atoms in total. The van der Waals surface area contributed by atoms with E-state index >= 15 is 0 Å². The van der Waals surface area contributed by atoms with Crippen LogP contribution in [0.25, 0.3) is 16.9 Å². The molecule has 1 amide bonds. The topological polar surface area (TPSA) is 94.8 Å². The fraction of sp³-hybridized carbons (Fsp3) is 0.269. The Morgan fingerprint density at radius 3 is 2.85 bits per heavy atom. The molecule has 4 aromatic rings. The smallest absolute Gasteiger partial charge is 0.228 e. The molecule has 34 heavy (non-hydrogen) atoms. The maximum absolute atomic E-state index is 11.7. The minimum Gasteiger partial charge on any atom is -0.388 e. The summed E-state index contributed by atoms with van der Waals surface area (Å²) >= 11 is 0. The minimum atomic E-state index is -0.647. The van der Waals surface area contributed by atoms with Gasteiger partial charge >= 0.3 is 0 Å². The average Bonchev–Trinajstić information content (AvgIpc) is 3.44. The molecule has 0 saturated carbocycles. The number of anilines is 4. The summed E-state index contributed by atoms with van der Waals surface area (Å²) in [7, 11) is 0. The highest BCUT2D eigenvalue weighted by atomic mass is 16.3. The second kappa shape index (κ2) is 7.85. The Labute approximate surface area is 197 Å². The molecule has 0 aliphatic carbocycles. The molecule has 2 aromatic carbocycles. The molecule has 1 saturated heterocycles. The highest BCUT2D eigenvalue weighted by Gasteiger charge is 2.28. The first kappa shape index (κ1) is 20.7. The summed E-state index contributed by atoms with van der Waals surface area (Å²) in [4.78, 5) is 23.3. The van der Waals surface area contributed by atoms with Crippen molar-refractivity contribution in [2.24, 2.45) is 0 Å².